The minimum absolute atomic E-state index is 0.0268. The summed E-state index contributed by atoms with van der Waals surface area (Å²) >= 11 is 0. The van der Waals surface area contributed by atoms with E-state index in [-0.39, 0.29) is 23.9 Å². The lowest BCUT2D eigenvalue weighted by molar-refractivity contribution is -0.136. The van der Waals surface area contributed by atoms with Crippen LogP contribution in [0.25, 0.3) is 0 Å². The Kier molecular flexibility index (Phi) is 3.43. The van der Waals surface area contributed by atoms with Gasteiger partial charge in [0, 0.05) is 13.2 Å². The number of hydrogen-bond acceptors (Lipinski definition) is 3. The number of nitrogens with zero attached hydrogens (tertiary/aromatic N) is 1. The van der Waals surface area contributed by atoms with Crippen molar-refractivity contribution in [3.8, 4) is 0 Å². The van der Waals surface area contributed by atoms with E-state index in [1.54, 1.807) is 0 Å². The zero-order valence-electron chi connectivity index (χ0n) is 9.57. The summed E-state index contributed by atoms with van der Waals surface area (Å²) in [4.78, 5) is 25.2. The smallest absolute Gasteiger partial charge is 0.324 e. The van der Waals surface area contributed by atoms with Gasteiger partial charge in [-0.25, -0.2) is 4.79 Å². The Balaban J connectivity index is 2.07. The van der Waals surface area contributed by atoms with Crippen LogP contribution in [0.4, 0.5) is 4.79 Å². The van der Waals surface area contributed by atoms with Gasteiger partial charge in [0.1, 0.15) is 0 Å². The molecule has 0 radical (unpaired) electrons. The number of nitrogens with one attached hydrogen (secondary N) is 1. The van der Waals surface area contributed by atoms with Crippen LogP contribution in [0.1, 0.15) is 26.2 Å². The second kappa shape index (κ2) is 4.82. The number of imide groups is 1. The molecule has 0 saturated carbocycles. The molecule has 0 aromatic rings. The van der Waals surface area contributed by atoms with E-state index in [0.29, 0.717) is 19.8 Å². The highest BCUT2D eigenvalue weighted by molar-refractivity contribution is 5.98. The molecule has 90 valence electrons. The average molecular weight is 226 g/mol. The molecule has 2 heterocycles. The highest BCUT2D eigenvalue weighted by Gasteiger charge is 2.39. The Hall–Kier alpha value is -1.10. The van der Waals surface area contributed by atoms with Crippen molar-refractivity contribution in [2.45, 2.75) is 32.2 Å². The molecule has 0 spiro atoms. The van der Waals surface area contributed by atoms with Crippen LogP contribution in [-0.4, -0.2) is 42.6 Å². The van der Waals surface area contributed by atoms with Crippen molar-refractivity contribution in [1.29, 1.82) is 0 Å². The minimum atomic E-state index is -0.257. The maximum atomic E-state index is 12.1. The summed E-state index contributed by atoms with van der Waals surface area (Å²) in [6.45, 7) is 3.65. The van der Waals surface area contributed by atoms with Crippen LogP contribution in [0.5, 0.6) is 0 Å². The molecule has 2 unspecified atom stereocenters. The molecule has 2 aliphatic heterocycles. The van der Waals surface area contributed by atoms with Crippen LogP contribution >= 0.6 is 0 Å². The molecule has 2 rings (SSSR count). The molecular weight excluding hydrogens is 208 g/mol. The molecule has 2 atom stereocenters. The molecule has 0 bridgehead atoms. The Morgan fingerprint density at radius 1 is 1.50 bits per heavy atom. The van der Waals surface area contributed by atoms with Gasteiger partial charge in [-0.15, -0.1) is 0 Å². The number of carbonyl (C=O) groups is 2. The molecule has 1 N–H and O–H groups in total. The van der Waals surface area contributed by atoms with Gasteiger partial charge in [-0.3, -0.25) is 9.69 Å². The zero-order chi connectivity index (χ0) is 11.5. The van der Waals surface area contributed by atoms with Crippen LogP contribution in [0.15, 0.2) is 0 Å². The number of rotatable bonds is 3. The first-order valence-corrected chi connectivity index (χ1v) is 5.92. The van der Waals surface area contributed by atoms with Crippen molar-refractivity contribution in [1.82, 2.24) is 10.2 Å². The van der Waals surface area contributed by atoms with Gasteiger partial charge in [0.2, 0.25) is 5.91 Å². The maximum Gasteiger partial charge on any atom is 0.324 e. The molecule has 0 aromatic carbocycles. The van der Waals surface area contributed by atoms with E-state index in [9.17, 15) is 9.59 Å². The van der Waals surface area contributed by atoms with Crippen molar-refractivity contribution in [3.63, 3.8) is 0 Å². The molecule has 2 saturated heterocycles. The van der Waals surface area contributed by atoms with Crippen molar-refractivity contribution in [3.05, 3.63) is 0 Å². The Morgan fingerprint density at radius 3 is 2.94 bits per heavy atom. The van der Waals surface area contributed by atoms with Gasteiger partial charge in [0.05, 0.1) is 18.6 Å². The van der Waals surface area contributed by atoms with Gasteiger partial charge >= 0.3 is 6.03 Å². The summed E-state index contributed by atoms with van der Waals surface area (Å²) in [6.07, 6.45) is 2.56. The molecule has 0 aliphatic carbocycles. The fourth-order valence-electron chi connectivity index (χ4n) is 2.33. The van der Waals surface area contributed by atoms with Gasteiger partial charge in [0.25, 0.3) is 0 Å². The monoisotopic (exact) mass is 226 g/mol. The summed E-state index contributed by atoms with van der Waals surface area (Å²) in [5.41, 5.74) is 0. The molecule has 2 fully saturated rings. The summed E-state index contributed by atoms with van der Waals surface area (Å²) in [6, 6.07) is -0.319. The fraction of sp³-hybridized carbons (Fsp3) is 0.818. The molecular formula is C11H18N2O3. The highest BCUT2D eigenvalue weighted by atomic mass is 16.5. The van der Waals surface area contributed by atoms with Crippen molar-refractivity contribution >= 4 is 11.9 Å². The summed E-state index contributed by atoms with van der Waals surface area (Å²) in [5.74, 6) is -0.0793. The molecule has 5 heteroatoms. The lowest BCUT2D eigenvalue weighted by atomic mass is 9.99. The van der Waals surface area contributed by atoms with Crippen molar-refractivity contribution in [2.75, 3.05) is 19.8 Å². The first-order chi connectivity index (χ1) is 7.74. The zero-order valence-corrected chi connectivity index (χ0v) is 9.57. The Labute approximate surface area is 95.1 Å². The molecule has 5 nitrogen and oxygen atoms in total. The van der Waals surface area contributed by atoms with Gasteiger partial charge in [-0.1, -0.05) is 13.3 Å². The topological polar surface area (TPSA) is 58.6 Å². The predicted molar refractivity (Wildman–Crippen MR) is 57.9 cm³/mol. The van der Waals surface area contributed by atoms with E-state index in [1.807, 2.05) is 6.92 Å². The van der Waals surface area contributed by atoms with Crippen molar-refractivity contribution in [2.24, 2.45) is 5.92 Å². The lowest BCUT2D eigenvalue weighted by Gasteiger charge is -2.34. The second-order valence-electron chi connectivity index (χ2n) is 4.40. The van der Waals surface area contributed by atoms with Crippen LogP contribution in [0, 0.1) is 5.92 Å². The van der Waals surface area contributed by atoms with E-state index in [1.165, 1.54) is 4.90 Å². The first-order valence-electron chi connectivity index (χ1n) is 5.92. The normalized spacial score (nSPS) is 30.7. The van der Waals surface area contributed by atoms with Gasteiger partial charge in [0.15, 0.2) is 0 Å². The summed E-state index contributed by atoms with van der Waals surface area (Å²) in [7, 11) is 0. The third kappa shape index (κ3) is 2.04. The lowest BCUT2D eigenvalue weighted by Crippen LogP contribution is -2.58. The number of carbonyl (C=O) groups excluding carboxylic acids is 2. The number of ether oxygens (including phenoxy) is 1. The number of urea groups is 1. The first kappa shape index (κ1) is 11.4. The molecule has 16 heavy (non-hydrogen) atoms. The Bertz CT molecular complexity index is 287. The standard InChI is InChI=1S/C11H18N2O3/c1-2-3-8-6-12-11(15)13(10(8)14)9-4-5-16-7-9/h8-9H,2-7H2,1H3,(H,12,15). The van der Waals surface area contributed by atoms with Crippen LogP contribution in [0.3, 0.4) is 0 Å². The third-order valence-electron chi connectivity index (χ3n) is 3.21. The number of amides is 3. The molecule has 0 aromatic heterocycles. The predicted octanol–water partition coefficient (Wildman–Crippen LogP) is 0.743. The van der Waals surface area contributed by atoms with Gasteiger partial charge in [-0.2, -0.15) is 0 Å². The van der Waals surface area contributed by atoms with Crippen LogP contribution in [-0.2, 0) is 9.53 Å². The Morgan fingerprint density at radius 2 is 2.31 bits per heavy atom. The van der Waals surface area contributed by atoms with E-state index in [2.05, 4.69) is 5.32 Å². The summed E-state index contributed by atoms with van der Waals surface area (Å²) in [5, 5.41) is 2.78. The van der Waals surface area contributed by atoms with E-state index in [4.69, 9.17) is 4.74 Å². The summed E-state index contributed by atoms with van der Waals surface area (Å²) < 4.78 is 5.23. The minimum Gasteiger partial charge on any atom is -0.379 e. The average Bonchev–Trinajstić information content (AvgIpc) is 2.76. The van der Waals surface area contributed by atoms with Gasteiger partial charge in [-0.05, 0) is 12.8 Å². The maximum absolute atomic E-state index is 12.1. The third-order valence-corrected chi connectivity index (χ3v) is 3.21. The highest BCUT2D eigenvalue weighted by Crippen LogP contribution is 2.20. The van der Waals surface area contributed by atoms with E-state index >= 15 is 0 Å². The van der Waals surface area contributed by atoms with E-state index in [0.717, 1.165) is 19.3 Å². The fourth-order valence-corrected chi connectivity index (χ4v) is 2.33. The van der Waals surface area contributed by atoms with Crippen molar-refractivity contribution < 1.29 is 14.3 Å². The quantitative estimate of drug-likeness (QED) is 0.772. The largest absolute Gasteiger partial charge is 0.379 e. The number of hydrogen-bond donors (Lipinski definition) is 1. The van der Waals surface area contributed by atoms with Crippen LogP contribution in [0.2, 0.25) is 0 Å². The van der Waals surface area contributed by atoms with Gasteiger partial charge < -0.3 is 10.1 Å². The SMILES string of the molecule is CCCC1CNC(=O)N(C2CCOC2)C1=O. The second-order valence-corrected chi connectivity index (χ2v) is 4.40. The molecule has 2 aliphatic rings. The van der Waals surface area contributed by atoms with Crippen LogP contribution < -0.4 is 5.32 Å². The molecule has 3 amide bonds. The van der Waals surface area contributed by atoms with E-state index < -0.39 is 0 Å².